The van der Waals surface area contributed by atoms with Crippen LogP contribution in [-0.4, -0.2) is 40.2 Å². The molecule has 0 atom stereocenters. The van der Waals surface area contributed by atoms with E-state index in [1.54, 1.807) is 12.1 Å². The van der Waals surface area contributed by atoms with Crippen LogP contribution in [0.3, 0.4) is 0 Å². The molecule has 0 bridgehead atoms. The summed E-state index contributed by atoms with van der Waals surface area (Å²) < 4.78 is 23.1. The fourth-order valence-corrected chi connectivity index (χ4v) is 3.49. The zero-order valence-electron chi connectivity index (χ0n) is 13.1. The van der Waals surface area contributed by atoms with E-state index < -0.39 is 9.84 Å². The summed E-state index contributed by atoms with van der Waals surface area (Å²) in [7, 11) is -3.25. The number of hydrogen-bond donors (Lipinski definition) is 2. The van der Waals surface area contributed by atoms with Crippen LogP contribution >= 0.6 is 0 Å². The van der Waals surface area contributed by atoms with Crippen LogP contribution in [0.15, 0.2) is 29.2 Å². The van der Waals surface area contributed by atoms with Gasteiger partial charge in [-0.25, -0.2) is 8.42 Å². The Morgan fingerprint density at radius 3 is 2.41 bits per heavy atom. The Labute approximate surface area is 132 Å². The highest BCUT2D eigenvalue weighted by atomic mass is 32.2. The van der Waals surface area contributed by atoms with Crippen LogP contribution in [0.1, 0.15) is 32.1 Å². The largest absolute Gasteiger partial charge is 0.327 e. The zero-order chi connectivity index (χ0) is 16.0. The second-order valence-corrected chi connectivity index (χ2v) is 8.06. The van der Waals surface area contributed by atoms with Gasteiger partial charge in [-0.1, -0.05) is 12.5 Å². The van der Waals surface area contributed by atoms with Gasteiger partial charge >= 0.3 is 0 Å². The first kappa shape index (κ1) is 17.0. The van der Waals surface area contributed by atoms with Gasteiger partial charge in [0.2, 0.25) is 0 Å². The molecule has 1 fully saturated rings. The number of anilines is 1. The van der Waals surface area contributed by atoms with Crippen molar-refractivity contribution in [3.05, 3.63) is 24.3 Å². The molecule has 0 aromatic heterocycles. The van der Waals surface area contributed by atoms with Gasteiger partial charge in [0.05, 0.1) is 18.0 Å². The molecule has 1 amide bonds. The fraction of sp³-hybridized carbons (Fsp3) is 0.562. The van der Waals surface area contributed by atoms with Crippen LogP contribution in [0.2, 0.25) is 0 Å². The Balaban J connectivity index is 1.94. The minimum Gasteiger partial charge on any atom is -0.327 e. The summed E-state index contributed by atoms with van der Waals surface area (Å²) in [5, 5.41) is 2.81. The molecule has 0 unspecified atom stereocenters. The third-order valence-electron chi connectivity index (χ3n) is 4.02. The molecule has 1 aliphatic rings. The first-order valence-corrected chi connectivity index (χ1v) is 9.78. The predicted octanol–water partition coefficient (Wildman–Crippen LogP) is 0.878. The van der Waals surface area contributed by atoms with Crippen LogP contribution in [0.4, 0.5) is 5.69 Å². The summed E-state index contributed by atoms with van der Waals surface area (Å²) >= 11 is 0. The lowest BCUT2D eigenvalue weighted by Gasteiger charge is -2.21. The first-order chi connectivity index (χ1) is 10.4. The number of carbonyl (C=O) groups excluding carboxylic acids is 1. The average molecular weight is 325 g/mol. The zero-order valence-corrected chi connectivity index (χ0v) is 13.9. The summed E-state index contributed by atoms with van der Waals surface area (Å²) in [6, 6.07) is 6.41. The second kappa shape index (κ2) is 7.74. The van der Waals surface area contributed by atoms with Gasteiger partial charge in [-0.15, -0.1) is 0 Å². The highest BCUT2D eigenvalue weighted by Gasteiger charge is 2.16. The summed E-state index contributed by atoms with van der Waals surface area (Å²) in [5.41, 5.74) is 0.541. The minimum absolute atomic E-state index is 0.0544. The molecule has 0 saturated carbocycles. The van der Waals surface area contributed by atoms with Gasteiger partial charge in [-0.2, -0.15) is 0 Å². The van der Waals surface area contributed by atoms with Crippen LogP contribution in [0.5, 0.6) is 0 Å². The van der Waals surface area contributed by atoms with E-state index in [-0.39, 0.29) is 10.8 Å². The van der Waals surface area contributed by atoms with E-state index in [0.717, 1.165) is 19.3 Å². The van der Waals surface area contributed by atoms with E-state index in [2.05, 4.69) is 5.32 Å². The van der Waals surface area contributed by atoms with Crippen molar-refractivity contribution < 1.29 is 18.1 Å². The van der Waals surface area contributed by atoms with Crippen molar-refractivity contribution in [3.8, 4) is 0 Å². The van der Waals surface area contributed by atoms with Crippen molar-refractivity contribution in [2.75, 3.05) is 31.2 Å². The molecule has 1 aromatic carbocycles. The summed E-state index contributed by atoms with van der Waals surface area (Å²) in [6.45, 7) is 2.52. The van der Waals surface area contributed by atoms with Crippen molar-refractivity contribution in [1.29, 1.82) is 0 Å². The van der Waals surface area contributed by atoms with Crippen LogP contribution < -0.4 is 10.2 Å². The second-order valence-electron chi connectivity index (χ2n) is 6.04. The Hall–Kier alpha value is -1.40. The molecule has 122 valence electrons. The molecule has 5 nitrogen and oxygen atoms in total. The number of rotatable bonds is 4. The lowest BCUT2D eigenvalue weighted by Crippen LogP contribution is -3.13. The number of amides is 1. The van der Waals surface area contributed by atoms with E-state index >= 15 is 0 Å². The summed E-state index contributed by atoms with van der Waals surface area (Å²) in [4.78, 5) is 13.7. The Morgan fingerprint density at radius 1 is 1.14 bits per heavy atom. The van der Waals surface area contributed by atoms with Gasteiger partial charge in [-0.3, -0.25) is 4.79 Å². The van der Waals surface area contributed by atoms with Crippen molar-refractivity contribution in [1.82, 2.24) is 0 Å². The van der Waals surface area contributed by atoms with Crippen molar-refractivity contribution in [2.24, 2.45) is 0 Å². The molecule has 22 heavy (non-hydrogen) atoms. The SMILES string of the molecule is CS(=O)(=O)c1cccc(NC(=O)C[NH+]2CCCCCCC2)c1. The molecular weight excluding hydrogens is 300 g/mol. The van der Waals surface area contributed by atoms with Crippen LogP contribution in [0, 0.1) is 0 Å². The van der Waals surface area contributed by atoms with Gasteiger partial charge in [0.25, 0.3) is 5.91 Å². The number of likely N-dealkylation sites (tertiary alicyclic amines) is 1. The van der Waals surface area contributed by atoms with Crippen molar-refractivity contribution in [2.45, 2.75) is 37.0 Å². The van der Waals surface area contributed by atoms with E-state index in [1.165, 1.54) is 49.1 Å². The topological polar surface area (TPSA) is 67.7 Å². The third-order valence-corrected chi connectivity index (χ3v) is 5.13. The third kappa shape index (κ3) is 5.42. The smallest absolute Gasteiger partial charge is 0.279 e. The normalized spacial score (nSPS) is 17.5. The first-order valence-electron chi connectivity index (χ1n) is 7.89. The molecule has 1 heterocycles. The highest BCUT2D eigenvalue weighted by molar-refractivity contribution is 7.90. The number of benzene rings is 1. The van der Waals surface area contributed by atoms with E-state index in [9.17, 15) is 13.2 Å². The molecule has 1 saturated heterocycles. The quantitative estimate of drug-likeness (QED) is 0.863. The van der Waals surface area contributed by atoms with E-state index in [4.69, 9.17) is 0 Å². The molecule has 0 spiro atoms. The maximum absolute atomic E-state index is 12.2. The standard InChI is InChI=1S/C16H24N2O3S/c1-22(20,21)15-9-7-8-14(12-15)17-16(19)13-18-10-5-3-2-4-6-11-18/h7-9,12H,2-6,10-11,13H2,1H3,(H,17,19)/p+1. The maximum Gasteiger partial charge on any atom is 0.279 e. The van der Waals surface area contributed by atoms with Crippen LogP contribution in [0.25, 0.3) is 0 Å². The van der Waals surface area contributed by atoms with Gasteiger partial charge < -0.3 is 10.2 Å². The highest BCUT2D eigenvalue weighted by Crippen LogP contribution is 2.15. The summed E-state index contributed by atoms with van der Waals surface area (Å²) in [6.07, 6.45) is 7.32. The fourth-order valence-electron chi connectivity index (χ4n) is 2.82. The van der Waals surface area contributed by atoms with E-state index in [1.807, 2.05) is 0 Å². The molecule has 0 aliphatic carbocycles. The number of nitrogens with one attached hydrogen (secondary N) is 2. The minimum atomic E-state index is -3.25. The molecular formula is C16H25N2O3S+. The monoisotopic (exact) mass is 325 g/mol. The Kier molecular flexibility index (Phi) is 5.97. The number of sulfone groups is 1. The lowest BCUT2D eigenvalue weighted by atomic mass is 10.1. The Bertz CT molecular complexity index is 606. The van der Waals surface area contributed by atoms with Gasteiger partial charge in [0, 0.05) is 11.9 Å². The van der Waals surface area contributed by atoms with E-state index in [0.29, 0.717) is 12.2 Å². The van der Waals surface area contributed by atoms with Crippen molar-refractivity contribution >= 4 is 21.4 Å². The maximum atomic E-state index is 12.2. The summed E-state index contributed by atoms with van der Waals surface area (Å²) in [5.74, 6) is -0.0544. The molecule has 6 heteroatoms. The molecule has 2 rings (SSSR count). The van der Waals surface area contributed by atoms with Crippen molar-refractivity contribution in [3.63, 3.8) is 0 Å². The van der Waals surface area contributed by atoms with Crippen LogP contribution in [-0.2, 0) is 14.6 Å². The number of quaternary nitrogens is 1. The number of hydrogen-bond acceptors (Lipinski definition) is 3. The number of carbonyl (C=O) groups is 1. The lowest BCUT2D eigenvalue weighted by molar-refractivity contribution is -0.892. The van der Waals surface area contributed by atoms with Gasteiger partial charge in [-0.05, 0) is 43.9 Å². The average Bonchev–Trinajstić information content (AvgIpc) is 2.41. The van der Waals surface area contributed by atoms with Gasteiger partial charge in [0.15, 0.2) is 16.4 Å². The molecule has 1 aliphatic heterocycles. The Morgan fingerprint density at radius 2 is 1.77 bits per heavy atom. The molecule has 1 aromatic rings. The predicted molar refractivity (Wildman–Crippen MR) is 86.8 cm³/mol. The van der Waals surface area contributed by atoms with Gasteiger partial charge in [0.1, 0.15) is 0 Å². The molecule has 2 N–H and O–H groups in total. The molecule has 0 radical (unpaired) electrons.